The number of hydrogen-bond donors (Lipinski definition) is 0. The van der Waals surface area contributed by atoms with Crippen molar-refractivity contribution in [2.45, 2.75) is 32.3 Å². The van der Waals surface area contributed by atoms with Crippen molar-refractivity contribution in [2.24, 2.45) is 5.92 Å². The van der Waals surface area contributed by atoms with Crippen LogP contribution in [-0.2, 0) is 9.53 Å². The molecule has 122 valence electrons. The molecule has 1 aliphatic rings. The monoisotopic (exact) mass is 325 g/mol. The summed E-state index contributed by atoms with van der Waals surface area (Å²) in [6, 6.07) is 7.08. The van der Waals surface area contributed by atoms with Crippen molar-refractivity contribution in [3.8, 4) is 5.75 Å². The SMILES string of the molecule is COCCC1CCN(C(=O)[C@H](C)Oc2ccc(Cl)cc2)CC1. The van der Waals surface area contributed by atoms with Crippen LogP contribution in [0.15, 0.2) is 24.3 Å². The minimum absolute atomic E-state index is 0.0557. The van der Waals surface area contributed by atoms with E-state index in [1.807, 2.05) is 4.90 Å². The fraction of sp³-hybridized carbons (Fsp3) is 0.588. The maximum absolute atomic E-state index is 12.4. The number of rotatable bonds is 6. The van der Waals surface area contributed by atoms with E-state index in [0.717, 1.165) is 39.0 Å². The fourth-order valence-corrected chi connectivity index (χ4v) is 2.88. The summed E-state index contributed by atoms with van der Waals surface area (Å²) in [6.07, 6.45) is 2.69. The third kappa shape index (κ3) is 4.89. The number of piperidine rings is 1. The van der Waals surface area contributed by atoms with E-state index in [4.69, 9.17) is 21.1 Å². The third-order valence-electron chi connectivity index (χ3n) is 4.13. The highest BCUT2D eigenvalue weighted by molar-refractivity contribution is 6.30. The zero-order valence-electron chi connectivity index (χ0n) is 13.3. The summed E-state index contributed by atoms with van der Waals surface area (Å²) in [7, 11) is 1.73. The van der Waals surface area contributed by atoms with Gasteiger partial charge in [-0.1, -0.05) is 11.6 Å². The van der Waals surface area contributed by atoms with Gasteiger partial charge in [-0.3, -0.25) is 4.79 Å². The Bertz CT molecular complexity index is 469. The van der Waals surface area contributed by atoms with Crippen molar-refractivity contribution >= 4 is 17.5 Å². The molecule has 1 aliphatic heterocycles. The molecular formula is C17H24ClNO3. The van der Waals surface area contributed by atoms with E-state index < -0.39 is 6.10 Å². The van der Waals surface area contributed by atoms with Gasteiger partial charge in [0.05, 0.1) is 0 Å². The number of carbonyl (C=O) groups excluding carboxylic acids is 1. The second kappa shape index (κ2) is 8.39. The molecule has 0 unspecified atom stereocenters. The maximum Gasteiger partial charge on any atom is 0.263 e. The second-order valence-corrected chi connectivity index (χ2v) is 6.20. The van der Waals surface area contributed by atoms with Crippen LogP contribution in [0, 0.1) is 5.92 Å². The molecule has 1 fully saturated rings. The summed E-state index contributed by atoms with van der Waals surface area (Å²) >= 11 is 5.84. The van der Waals surface area contributed by atoms with Crippen molar-refractivity contribution in [1.29, 1.82) is 0 Å². The number of benzene rings is 1. The summed E-state index contributed by atoms with van der Waals surface area (Å²) in [5.41, 5.74) is 0. The van der Waals surface area contributed by atoms with Gasteiger partial charge in [0.1, 0.15) is 5.75 Å². The zero-order chi connectivity index (χ0) is 15.9. The van der Waals surface area contributed by atoms with Crippen LogP contribution >= 0.6 is 11.6 Å². The molecule has 0 spiro atoms. The van der Waals surface area contributed by atoms with Gasteiger partial charge in [-0.25, -0.2) is 0 Å². The predicted octanol–water partition coefficient (Wildman–Crippen LogP) is 3.38. The first kappa shape index (κ1) is 17.1. The lowest BCUT2D eigenvalue weighted by Gasteiger charge is -2.33. The van der Waals surface area contributed by atoms with E-state index in [1.54, 1.807) is 38.3 Å². The van der Waals surface area contributed by atoms with E-state index in [-0.39, 0.29) is 5.91 Å². The smallest absolute Gasteiger partial charge is 0.263 e. The van der Waals surface area contributed by atoms with Crippen LogP contribution < -0.4 is 4.74 Å². The predicted molar refractivity (Wildman–Crippen MR) is 87.3 cm³/mol. The van der Waals surface area contributed by atoms with Crippen LogP contribution in [0.4, 0.5) is 0 Å². The zero-order valence-corrected chi connectivity index (χ0v) is 14.0. The number of carbonyl (C=O) groups is 1. The highest BCUT2D eigenvalue weighted by atomic mass is 35.5. The Kier molecular flexibility index (Phi) is 6.52. The van der Waals surface area contributed by atoms with Crippen LogP contribution in [0.3, 0.4) is 0 Å². The van der Waals surface area contributed by atoms with Gasteiger partial charge in [0.25, 0.3) is 5.91 Å². The van der Waals surface area contributed by atoms with E-state index in [2.05, 4.69) is 0 Å². The second-order valence-electron chi connectivity index (χ2n) is 5.76. The van der Waals surface area contributed by atoms with Gasteiger partial charge >= 0.3 is 0 Å². The molecule has 2 rings (SSSR count). The first-order valence-electron chi connectivity index (χ1n) is 7.80. The average molecular weight is 326 g/mol. The highest BCUT2D eigenvalue weighted by Gasteiger charge is 2.26. The minimum Gasteiger partial charge on any atom is -0.481 e. The number of likely N-dealkylation sites (tertiary alicyclic amines) is 1. The molecule has 1 saturated heterocycles. The van der Waals surface area contributed by atoms with Crippen LogP contribution in [-0.4, -0.2) is 43.7 Å². The normalized spacial score (nSPS) is 17.3. The maximum atomic E-state index is 12.4. The number of ether oxygens (including phenoxy) is 2. The van der Waals surface area contributed by atoms with Gasteiger partial charge in [-0.05, 0) is 56.4 Å². The number of methoxy groups -OCH3 is 1. The summed E-state index contributed by atoms with van der Waals surface area (Å²) < 4.78 is 10.8. The Balaban J connectivity index is 1.80. The molecule has 0 aliphatic carbocycles. The van der Waals surface area contributed by atoms with Crippen LogP contribution in [0.1, 0.15) is 26.2 Å². The Labute approximate surface area is 137 Å². The van der Waals surface area contributed by atoms with E-state index in [9.17, 15) is 4.79 Å². The number of amides is 1. The average Bonchev–Trinajstić information content (AvgIpc) is 2.55. The van der Waals surface area contributed by atoms with Crippen molar-refractivity contribution < 1.29 is 14.3 Å². The summed E-state index contributed by atoms with van der Waals surface area (Å²) in [5.74, 6) is 1.39. The standard InChI is InChI=1S/C17H24ClNO3/c1-13(22-16-5-3-15(18)4-6-16)17(20)19-10-7-14(8-11-19)9-12-21-2/h3-6,13-14H,7-12H2,1-2H3/t13-/m0/s1. The van der Waals surface area contributed by atoms with Gasteiger partial charge in [-0.2, -0.15) is 0 Å². The molecule has 0 saturated carbocycles. The lowest BCUT2D eigenvalue weighted by Crippen LogP contribution is -2.44. The molecule has 1 aromatic carbocycles. The fourth-order valence-electron chi connectivity index (χ4n) is 2.75. The highest BCUT2D eigenvalue weighted by Crippen LogP contribution is 2.22. The van der Waals surface area contributed by atoms with Crippen molar-refractivity contribution in [3.63, 3.8) is 0 Å². The molecule has 22 heavy (non-hydrogen) atoms. The molecule has 1 amide bonds. The van der Waals surface area contributed by atoms with Gasteiger partial charge in [-0.15, -0.1) is 0 Å². The molecule has 0 radical (unpaired) electrons. The Morgan fingerprint density at radius 3 is 2.55 bits per heavy atom. The van der Waals surface area contributed by atoms with E-state index >= 15 is 0 Å². The van der Waals surface area contributed by atoms with Crippen molar-refractivity contribution in [3.05, 3.63) is 29.3 Å². The summed E-state index contributed by atoms with van der Waals surface area (Å²) in [4.78, 5) is 14.3. The minimum atomic E-state index is -0.475. The van der Waals surface area contributed by atoms with Gasteiger partial charge in [0, 0.05) is 31.8 Å². The molecule has 0 N–H and O–H groups in total. The lowest BCUT2D eigenvalue weighted by atomic mass is 9.94. The van der Waals surface area contributed by atoms with Crippen LogP contribution in [0.25, 0.3) is 0 Å². The van der Waals surface area contributed by atoms with Crippen LogP contribution in [0.5, 0.6) is 5.75 Å². The number of nitrogens with zero attached hydrogens (tertiary/aromatic N) is 1. The molecule has 0 bridgehead atoms. The first-order valence-corrected chi connectivity index (χ1v) is 8.18. The largest absolute Gasteiger partial charge is 0.481 e. The van der Waals surface area contributed by atoms with Crippen LogP contribution in [0.2, 0.25) is 5.02 Å². The molecule has 4 nitrogen and oxygen atoms in total. The van der Waals surface area contributed by atoms with E-state index in [1.165, 1.54) is 0 Å². The number of hydrogen-bond acceptors (Lipinski definition) is 3. The van der Waals surface area contributed by atoms with E-state index in [0.29, 0.717) is 16.7 Å². The molecule has 1 heterocycles. The summed E-state index contributed by atoms with van der Waals surface area (Å²) in [5, 5.41) is 0.657. The molecular weight excluding hydrogens is 302 g/mol. The topological polar surface area (TPSA) is 38.8 Å². The van der Waals surface area contributed by atoms with Crippen molar-refractivity contribution in [1.82, 2.24) is 4.90 Å². The summed E-state index contributed by atoms with van der Waals surface area (Å²) in [6.45, 7) is 4.21. The quantitative estimate of drug-likeness (QED) is 0.804. The van der Waals surface area contributed by atoms with Gasteiger partial charge in [0.15, 0.2) is 6.10 Å². The molecule has 0 aromatic heterocycles. The molecule has 1 aromatic rings. The Morgan fingerprint density at radius 1 is 1.32 bits per heavy atom. The first-order chi connectivity index (χ1) is 10.6. The lowest BCUT2D eigenvalue weighted by molar-refractivity contribution is -0.139. The Hall–Kier alpha value is -1.26. The Morgan fingerprint density at radius 2 is 1.95 bits per heavy atom. The third-order valence-corrected chi connectivity index (χ3v) is 4.38. The van der Waals surface area contributed by atoms with Gasteiger partial charge in [0.2, 0.25) is 0 Å². The molecule has 5 heteroatoms. The van der Waals surface area contributed by atoms with Gasteiger partial charge < -0.3 is 14.4 Å². The van der Waals surface area contributed by atoms with Crippen molar-refractivity contribution in [2.75, 3.05) is 26.8 Å². The number of halogens is 1. The molecule has 1 atom stereocenters.